The zero-order valence-electron chi connectivity index (χ0n) is 15.3. The van der Waals surface area contributed by atoms with E-state index in [4.69, 9.17) is 11.6 Å². The van der Waals surface area contributed by atoms with Gasteiger partial charge in [-0.3, -0.25) is 14.6 Å². The smallest absolute Gasteiger partial charge is 0.242 e. The van der Waals surface area contributed by atoms with Crippen LogP contribution in [-0.4, -0.2) is 53.9 Å². The molecule has 0 N–H and O–H groups in total. The highest BCUT2D eigenvalue weighted by molar-refractivity contribution is 6.44. The number of hydrogen-bond donors (Lipinski definition) is 0. The molecule has 0 aromatic heterocycles. The second-order valence-electron chi connectivity index (χ2n) is 6.89. The number of Topliss-reactive ketones (excluding diaryl/α,β-unsaturated/α-hetero) is 1. The van der Waals surface area contributed by atoms with Crippen LogP contribution in [0.1, 0.15) is 5.56 Å². The maximum absolute atomic E-state index is 12.6. The van der Waals surface area contributed by atoms with Crippen molar-refractivity contribution in [3.63, 3.8) is 0 Å². The van der Waals surface area contributed by atoms with Crippen LogP contribution in [0, 0.1) is 0 Å². The predicted octanol–water partition coefficient (Wildman–Crippen LogP) is 3.10. The lowest BCUT2D eigenvalue weighted by Gasteiger charge is -2.36. The molecule has 1 amide bonds. The Kier molecular flexibility index (Phi) is 5.26. The zero-order chi connectivity index (χ0) is 19.5. The molecule has 142 valence electrons. The second kappa shape index (κ2) is 7.98. The molecular weight excluding hydrogens is 374 g/mol. The summed E-state index contributed by atoms with van der Waals surface area (Å²) in [5.41, 5.74) is 3.97. The zero-order valence-corrected chi connectivity index (χ0v) is 16.1. The maximum Gasteiger partial charge on any atom is 0.242 e. The molecule has 28 heavy (non-hydrogen) atoms. The minimum absolute atomic E-state index is 0.0155. The summed E-state index contributed by atoms with van der Waals surface area (Å²) in [7, 11) is 0. The number of carbonyl (C=O) groups is 2. The van der Waals surface area contributed by atoms with Crippen LogP contribution in [0.3, 0.4) is 0 Å². The monoisotopic (exact) mass is 393 g/mol. The fourth-order valence-electron chi connectivity index (χ4n) is 3.44. The summed E-state index contributed by atoms with van der Waals surface area (Å²) in [5.74, 6) is -0.186. The third-order valence-electron chi connectivity index (χ3n) is 5.01. The SMILES string of the molecule is O=C1CN=CC(N2CCN(Cc3ccc(-c4ccccc4)cc3)C(=O)C2)=C1Cl. The van der Waals surface area contributed by atoms with Crippen LogP contribution in [0.25, 0.3) is 11.1 Å². The Morgan fingerprint density at radius 3 is 2.36 bits per heavy atom. The minimum atomic E-state index is -0.201. The summed E-state index contributed by atoms with van der Waals surface area (Å²) in [6, 6.07) is 18.5. The number of hydrogen-bond acceptors (Lipinski definition) is 4. The molecule has 2 aliphatic rings. The Hall–Kier alpha value is -2.92. The van der Waals surface area contributed by atoms with E-state index in [0.717, 1.165) is 11.1 Å². The number of rotatable bonds is 4. The molecule has 2 aliphatic heterocycles. The van der Waals surface area contributed by atoms with Crippen LogP contribution in [0.5, 0.6) is 0 Å². The van der Waals surface area contributed by atoms with Gasteiger partial charge in [0, 0.05) is 25.8 Å². The molecule has 0 unspecified atom stereocenters. The van der Waals surface area contributed by atoms with Crippen LogP contribution >= 0.6 is 11.6 Å². The Labute approximate surface area is 168 Å². The summed E-state index contributed by atoms with van der Waals surface area (Å²) in [6.07, 6.45) is 1.59. The van der Waals surface area contributed by atoms with Crippen molar-refractivity contribution in [1.82, 2.24) is 9.80 Å². The van der Waals surface area contributed by atoms with Gasteiger partial charge < -0.3 is 9.80 Å². The first-order chi connectivity index (χ1) is 13.6. The fraction of sp³-hybridized carbons (Fsp3) is 0.227. The molecule has 1 fully saturated rings. The number of benzene rings is 2. The van der Waals surface area contributed by atoms with Gasteiger partial charge in [0.2, 0.25) is 5.91 Å². The number of piperazine rings is 1. The number of aliphatic imine (C=N–C) groups is 1. The Bertz CT molecular complexity index is 952. The van der Waals surface area contributed by atoms with Crippen molar-refractivity contribution >= 4 is 29.5 Å². The number of amides is 1. The summed E-state index contributed by atoms with van der Waals surface area (Å²) in [6.45, 7) is 2.05. The van der Waals surface area contributed by atoms with Gasteiger partial charge in [-0.2, -0.15) is 0 Å². The van der Waals surface area contributed by atoms with Crippen molar-refractivity contribution in [3.8, 4) is 11.1 Å². The molecular formula is C22H20ClN3O2. The molecule has 0 radical (unpaired) electrons. The third kappa shape index (κ3) is 3.85. The van der Waals surface area contributed by atoms with Crippen molar-refractivity contribution in [2.75, 3.05) is 26.2 Å². The van der Waals surface area contributed by atoms with Gasteiger partial charge in [-0.15, -0.1) is 0 Å². The molecule has 6 heteroatoms. The Balaban J connectivity index is 1.41. The van der Waals surface area contributed by atoms with E-state index >= 15 is 0 Å². The lowest BCUT2D eigenvalue weighted by atomic mass is 10.0. The molecule has 1 saturated heterocycles. The average molecular weight is 394 g/mol. The normalized spacial score (nSPS) is 17.5. The van der Waals surface area contributed by atoms with Gasteiger partial charge in [-0.25, -0.2) is 0 Å². The second-order valence-corrected chi connectivity index (χ2v) is 7.27. The van der Waals surface area contributed by atoms with E-state index in [1.54, 1.807) is 6.21 Å². The standard InChI is InChI=1S/C22H20ClN3O2/c23-22-19(12-24-13-20(22)27)25-10-11-26(21(28)15-25)14-16-6-8-18(9-7-16)17-4-2-1-3-5-17/h1-9,12H,10-11,13-15H2. The van der Waals surface area contributed by atoms with Crippen molar-refractivity contribution in [1.29, 1.82) is 0 Å². The maximum atomic E-state index is 12.6. The third-order valence-corrected chi connectivity index (χ3v) is 5.42. The largest absolute Gasteiger partial charge is 0.358 e. The number of ketones is 1. The number of nitrogens with zero attached hydrogens (tertiary/aromatic N) is 3. The predicted molar refractivity (Wildman–Crippen MR) is 110 cm³/mol. The molecule has 2 aromatic rings. The van der Waals surface area contributed by atoms with Crippen molar-refractivity contribution in [3.05, 3.63) is 70.9 Å². The van der Waals surface area contributed by atoms with Gasteiger partial charge in [0.05, 0.1) is 12.2 Å². The van der Waals surface area contributed by atoms with Crippen molar-refractivity contribution < 1.29 is 9.59 Å². The van der Waals surface area contributed by atoms with E-state index in [2.05, 4.69) is 41.4 Å². The summed E-state index contributed by atoms with van der Waals surface area (Å²) in [5, 5.41) is 0.174. The van der Waals surface area contributed by atoms with E-state index in [1.807, 2.05) is 28.0 Å². The molecule has 0 saturated carbocycles. The van der Waals surface area contributed by atoms with Crippen LogP contribution < -0.4 is 0 Å². The first-order valence-corrected chi connectivity index (χ1v) is 9.59. The molecule has 4 rings (SSSR count). The summed E-state index contributed by atoms with van der Waals surface area (Å²) in [4.78, 5) is 32.1. The number of allylic oxidation sites excluding steroid dienone is 1. The van der Waals surface area contributed by atoms with Gasteiger partial charge in [-0.1, -0.05) is 66.2 Å². The summed E-state index contributed by atoms with van der Waals surface area (Å²) < 4.78 is 0. The summed E-state index contributed by atoms with van der Waals surface area (Å²) >= 11 is 6.12. The van der Waals surface area contributed by atoms with E-state index < -0.39 is 0 Å². The molecule has 2 aromatic carbocycles. The van der Waals surface area contributed by atoms with Gasteiger partial charge in [0.15, 0.2) is 5.78 Å². The number of carbonyl (C=O) groups excluding carboxylic acids is 2. The van der Waals surface area contributed by atoms with E-state index in [1.165, 1.54) is 5.56 Å². The van der Waals surface area contributed by atoms with Crippen molar-refractivity contribution in [2.45, 2.75) is 6.54 Å². The fourth-order valence-corrected chi connectivity index (χ4v) is 3.67. The first-order valence-electron chi connectivity index (χ1n) is 9.22. The van der Waals surface area contributed by atoms with E-state index in [9.17, 15) is 9.59 Å². The van der Waals surface area contributed by atoms with E-state index in [-0.39, 0.29) is 29.8 Å². The molecule has 5 nitrogen and oxygen atoms in total. The van der Waals surface area contributed by atoms with Crippen LogP contribution in [0.4, 0.5) is 0 Å². The molecule has 2 heterocycles. The Morgan fingerprint density at radius 1 is 0.929 bits per heavy atom. The van der Waals surface area contributed by atoms with Crippen molar-refractivity contribution in [2.24, 2.45) is 4.99 Å². The first kappa shape index (κ1) is 18.4. The highest BCUT2D eigenvalue weighted by atomic mass is 35.5. The Morgan fingerprint density at radius 2 is 1.64 bits per heavy atom. The molecule has 0 atom stereocenters. The number of halogens is 1. The minimum Gasteiger partial charge on any atom is -0.358 e. The quantitative estimate of drug-likeness (QED) is 0.802. The van der Waals surface area contributed by atoms with E-state index in [0.29, 0.717) is 25.3 Å². The molecule has 0 bridgehead atoms. The lowest BCUT2D eigenvalue weighted by Crippen LogP contribution is -2.50. The number of dihydropyridines is 1. The highest BCUT2D eigenvalue weighted by Crippen LogP contribution is 2.22. The molecule has 0 aliphatic carbocycles. The van der Waals surface area contributed by atoms with Gasteiger partial charge in [-0.05, 0) is 16.7 Å². The highest BCUT2D eigenvalue weighted by Gasteiger charge is 2.28. The van der Waals surface area contributed by atoms with Gasteiger partial charge >= 0.3 is 0 Å². The van der Waals surface area contributed by atoms with Crippen LogP contribution in [0.2, 0.25) is 0 Å². The van der Waals surface area contributed by atoms with Gasteiger partial charge in [0.25, 0.3) is 0 Å². The topological polar surface area (TPSA) is 53.0 Å². The molecule has 0 spiro atoms. The van der Waals surface area contributed by atoms with Gasteiger partial charge in [0.1, 0.15) is 11.6 Å². The van der Waals surface area contributed by atoms with Crippen LogP contribution in [0.15, 0.2) is 70.3 Å². The average Bonchev–Trinajstić information content (AvgIpc) is 2.73. The van der Waals surface area contributed by atoms with Crippen LogP contribution in [-0.2, 0) is 16.1 Å². The lowest BCUT2D eigenvalue weighted by molar-refractivity contribution is -0.135.